The molecule has 0 aliphatic carbocycles. The number of halogens is 1. The number of rotatable bonds is 6. The lowest BCUT2D eigenvalue weighted by Gasteiger charge is -2.19. The van der Waals surface area contributed by atoms with Crippen LogP contribution in [0.3, 0.4) is 0 Å². The van der Waals surface area contributed by atoms with E-state index in [2.05, 4.69) is 25.6 Å². The molecule has 0 saturated heterocycles. The van der Waals surface area contributed by atoms with Gasteiger partial charge in [0.05, 0.1) is 6.54 Å². The second kappa shape index (κ2) is 8.67. The molecule has 3 rings (SSSR count). The Bertz CT molecular complexity index is 980. The maximum Gasteiger partial charge on any atom is 0.246 e. The molecule has 28 heavy (non-hydrogen) atoms. The molecule has 0 aliphatic heterocycles. The molecule has 8 heteroatoms. The van der Waals surface area contributed by atoms with Crippen molar-refractivity contribution in [3.05, 3.63) is 59.4 Å². The summed E-state index contributed by atoms with van der Waals surface area (Å²) in [5.74, 6) is 1.69. The second-order valence-corrected chi connectivity index (χ2v) is 6.58. The Morgan fingerprint density at radius 2 is 1.96 bits per heavy atom. The number of benzene rings is 1. The molecule has 0 saturated carbocycles. The van der Waals surface area contributed by atoms with Crippen LogP contribution in [0.25, 0.3) is 11.4 Å². The van der Waals surface area contributed by atoms with Crippen LogP contribution in [0.4, 0.5) is 17.3 Å². The molecule has 0 atom stereocenters. The fourth-order valence-corrected chi connectivity index (χ4v) is 2.85. The summed E-state index contributed by atoms with van der Waals surface area (Å²) in [5.41, 5.74) is 2.35. The molecule has 2 aromatic heterocycles. The summed E-state index contributed by atoms with van der Waals surface area (Å²) in [4.78, 5) is 27.4. The molecule has 0 aliphatic rings. The van der Waals surface area contributed by atoms with Crippen molar-refractivity contribution in [2.75, 3.05) is 36.2 Å². The second-order valence-electron chi connectivity index (χ2n) is 6.15. The molecule has 2 heterocycles. The van der Waals surface area contributed by atoms with Gasteiger partial charge in [0.1, 0.15) is 11.6 Å². The zero-order valence-corrected chi connectivity index (χ0v) is 16.7. The standard InChI is InChI=1S/C20H21ClN6O/c1-13-18(22-2)25-20(14-6-5-9-23-11-14)26-19(13)24-12-17(28)27(3)16-8-4-7-15(21)10-16/h4-11H,12H2,1-3H3,(H2,22,24,25,26). The highest BCUT2D eigenvalue weighted by Gasteiger charge is 2.15. The molecular weight excluding hydrogens is 376 g/mol. The van der Waals surface area contributed by atoms with Crippen LogP contribution in [0.5, 0.6) is 0 Å². The van der Waals surface area contributed by atoms with E-state index in [0.29, 0.717) is 22.5 Å². The van der Waals surface area contributed by atoms with E-state index < -0.39 is 0 Å². The monoisotopic (exact) mass is 396 g/mol. The minimum Gasteiger partial charge on any atom is -0.373 e. The number of pyridine rings is 1. The Hall–Kier alpha value is -3.19. The van der Waals surface area contributed by atoms with Gasteiger partial charge < -0.3 is 15.5 Å². The predicted octanol–water partition coefficient (Wildman–Crippen LogP) is 3.62. The largest absolute Gasteiger partial charge is 0.373 e. The van der Waals surface area contributed by atoms with Crippen LogP contribution in [-0.2, 0) is 4.79 Å². The number of hydrogen-bond acceptors (Lipinski definition) is 6. The molecule has 7 nitrogen and oxygen atoms in total. The van der Waals surface area contributed by atoms with E-state index in [1.165, 1.54) is 0 Å². The average molecular weight is 397 g/mol. The number of nitrogens with one attached hydrogen (secondary N) is 2. The number of anilines is 3. The highest BCUT2D eigenvalue weighted by molar-refractivity contribution is 6.30. The third-order valence-corrected chi connectivity index (χ3v) is 4.51. The normalized spacial score (nSPS) is 10.4. The van der Waals surface area contributed by atoms with E-state index in [-0.39, 0.29) is 12.5 Å². The van der Waals surface area contributed by atoms with E-state index in [9.17, 15) is 4.79 Å². The lowest BCUT2D eigenvalue weighted by molar-refractivity contribution is -0.116. The van der Waals surface area contributed by atoms with Gasteiger partial charge in [-0.1, -0.05) is 17.7 Å². The Morgan fingerprint density at radius 1 is 1.18 bits per heavy atom. The van der Waals surface area contributed by atoms with Crippen LogP contribution in [0.1, 0.15) is 5.56 Å². The van der Waals surface area contributed by atoms with E-state index in [4.69, 9.17) is 11.6 Å². The first kappa shape index (κ1) is 19.6. The topological polar surface area (TPSA) is 83.0 Å². The average Bonchev–Trinajstić information content (AvgIpc) is 2.72. The molecule has 0 fully saturated rings. The Morgan fingerprint density at radius 3 is 2.64 bits per heavy atom. The van der Waals surface area contributed by atoms with Gasteiger partial charge >= 0.3 is 0 Å². The van der Waals surface area contributed by atoms with Crippen LogP contribution in [0.2, 0.25) is 5.02 Å². The zero-order chi connectivity index (χ0) is 20.1. The molecule has 144 valence electrons. The van der Waals surface area contributed by atoms with Crippen molar-refractivity contribution in [2.24, 2.45) is 0 Å². The van der Waals surface area contributed by atoms with Crippen molar-refractivity contribution >= 4 is 34.8 Å². The lowest BCUT2D eigenvalue weighted by Crippen LogP contribution is -2.32. The number of aromatic nitrogens is 3. The highest BCUT2D eigenvalue weighted by atomic mass is 35.5. The Kier molecular flexibility index (Phi) is 6.06. The Balaban J connectivity index is 1.80. The maximum atomic E-state index is 12.6. The smallest absolute Gasteiger partial charge is 0.246 e. The summed E-state index contributed by atoms with van der Waals surface area (Å²) >= 11 is 6.01. The molecule has 0 unspecified atom stereocenters. The van der Waals surface area contributed by atoms with E-state index in [1.54, 1.807) is 43.5 Å². The molecule has 1 aromatic carbocycles. The molecule has 2 N–H and O–H groups in total. The SMILES string of the molecule is CNc1nc(-c2cccnc2)nc(NCC(=O)N(C)c2cccc(Cl)c2)c1C. The molecular formula is C20H21ClN6O. The first-order chi connectivity index (χ1) is 13.5. The summed E-state index contributed by atoms with van der Waals surface area (Å²) in [6.07, 6.45) is 3.39. The summed E-state index contributed by atoms with van der Waals surface area (Å²) in [7, 11) is 3.51. The summed E-state index contributed by atoms with van der Waals surface area (Å²) in [6.45, 7) is 1.98. The fraction of sp³-hybridized carbons (Fsp3) is 0.200. The van der Waals surface area contributed by atoms with Gasteiger partial charge in [-0.05, 0) is 37.3 Å². The molecule has 3 aromatic rings. The van der Waals surface area contributed by atoms with Crippen LogP contribution in [0.15, 0.2) is 48.8 Å². The maximum absolute atomic E-state index is 12.6. The van der Waals surface area contributed by atoms with E-state index in [1.807, 2.05) is 31.2 Å². The Labute approximate surface area is 168 Å². The first-order valence-corrected chi connectivity index (χ1v) is 9.10. The number of carbonyl (C=O) groups excluding carboxylic acids is 1. The van der Waals surface area contributed by atoms with E-state index >= 15 is 0 Å². The highest BCUT2D eigenvalue weighted by Crippen LogP contribution is 2.24. The van der Waals surface area contributed by atoms with Crippen molar-refractivity contribution in [2.45, 2.75) is 6.92 Å². The van der Waals surface area contributed by atoms with Gasteiger partial charge in [-0.2, -0.15) is 0 Å². The van der Waals surface area contributed by atoms with Gasteiger partial charge in [-0.3, -0.25) is 9.78 Å². The van der Waals surface area contributed by atoms with Crippen LogP contribution >= 0.6 is 11.6 Å². The molecule has 0 radical (unpaired) electrons. The van der Waals surface area contributed by atoms with Gasteiger partial charge in [-0.25, -0.2) is 9.97 Å². The van der Waals surface area contributed by atoms with E-state index in [0.717, 1.165) is 16.8 Å². The van der Waals surface area contributed by atoms with Crippen LogP contribution in [-0.4, -0.2) is 41.5 Å². The van der Waals surface area contributed by atoms with Gasteiger partial charge in [-0.15, -0.1) is 0 Å². The van der Waals surface area contributed by atoms with Crippen LogP contribution < -0.4 is 15.5 Å². The number of nitrogens with zero attached hydrogens (tertiary/aromatic N) is 4. The third-order valence-electron chi connectivity index (χ3n) is 4.28. The fourth-order valence-electron chi connectivity index (χ4n) is 2.66. The number of likely N-dealkylation sites (N-methyl/N-ethyl adjacent to an activating group) is 1. The van der Waals surface area contributed by atoms with Crippen molar-refractivity contribution in [1.82, 2.24) is 15.0 Å². The van der Waals surface area contributed by atoms with Crippen molar-refractivity contribution in [3.8, 4) is 11.4 Å². The van der Waals surface area contributed by atoms with Crippen molar-refractivity contribution < 1.29 is 4.79 Å². The first-order valence-electron chi connectivity index (χ1n) is 8.72. The number of amides is 1. The van der Waals surface area contributed by atoms with Crippen molar-refractivity contribution in [1.29, 1.82) is 0 Å². The summed E-state index contributed by atoms with van der Waals surface area (Å²) in [5, 5.41) is 6.77. The summed E-state index contributed by atoms with van der Waals surface area (Å²) in [6, 6.07) is 10.9. The predicted molar refractivity (Wildman–Crippen MR) is 113 cm³/mol. The van der Waals surface area contributed by atoms with Gasteiger partial charge in [0.25, 0.3) is 0 Å². The zero-order valence-electron chi connectivity index (χ0n) is 15.9. The minimum atomic E-state index is -0.116. The third kappa shape index (κ3) is 4.37. The minimum absolute atomic E-state index is 0.0799. The lowest BCUT2D eigenvalue weighted by atomic mass is 10.2. The summed E-state index contributed by atoms with van der Waals surface area (Å²) < 4.78 is 0. The van der Waals surface area contributed by atoms with Crippen LogP contribution in [0, 0.1) is 6.92 Å². The number of hydrogen-bond donors (Lipinski definition) is 2. The molecule has 0 spiro atoms. The van der Waals surface area contributed by atoms with Crippen molar-refractivity contribution in [3.63, 3.8) is 0 Å². The van der Waals surface area contributed by atoms with Gasteiger partial charge in [0.2, 0.25) is 5.91 Å². The molecule has 1 amide bonds. The molecule has 0 bridgehead atoms. The van der Waals surface area contributed by atoms with Gasteiger partial charge in [0, 0.05) is 48.3 Å². The number of carbonyl (C=O) groups is 1. The van der Waals surface area contributed by atoms with Gasteiger partial charge in [0.15, 0.2) is 5.82 Å². The quantitative estimate of drug-likeness (QED) is 0.662.